The Hall–Kier alpha value is -1.00. The van der Waals surface area contributed by atoms with Gasteiger partial charge >= 0.3 is 0 Å². The number of hydrogen-bond acceptors (Lipinski definition) is 2. The molecule has 1 aromatic rings. The molecule has 0 radical (unpaired) electrons. The normalized spacial score (nSPS) is 12.8. The van der Waals surface area contributed by atoms with Crippen LogP contribution in [0.2, 0.25) is 0 Å². The molecule has 1 aromatic carbocycles. The smallest absolute Gasteiger partial charge is 0.159 e. The Bertz CT molecular complexity index is 315. The third-order valence-corrected chi connectivity index (χ3v) is 2.01. The van der Waals surface area contributed by atoms with Gasteiger partial charge in [0.05, 0.1) is 6.10 Å². The van der Waals surface area contributed by atoms with E-state index in [4.69, 9.17) is 5.11 Å². The van der Waals surface area contributed by atoms with Crippen LogP contribution in [0.4, 0.5) is 8.78 Å². The van der Waals surface area contributed by atoms with Gasteiger partial charge in [-0.3, -0.25) is 0 Å². The molecule has 15 heavy (non-hydrogen) atoms. The molecule has 0 bridgehead atoms. The maximum Gasteiger partial charge on any atom is 0.159 e. The van der Waals surface area contributed by atoms with Crippen LogP contribution in [0.3, 0.4) is 0 Å². The molecule has 0 fully saturated rings. The van der Waals surface area contributed by atoms with Crippen molar-refractivity contribution in [3.05, 3.63) is 35.4 Å². The van der Waals surface area contributed by atoms with Crippen LogP contribution in [0.25, 0.3) is 0 Å². The van der Waals surface area contributed by atoms with E-state index in [1.54, 1.807) is 13.0 Å². The van der Waals surface area contributed by atoms with Gasteiger partial charge in [0.15, 0.2) is 11.6 Å². The summed E-state index contributed by atoms with van der Waals surface area (Å²) in [4.78, 5) is 0. The predicted molar refractivity (Wildman–Crippen MR) is 54.6 cm³/mol. The van der Waals surface area contributed by atoms with E-state index >= 15 is 0 Å². The number of nitrogens with one attached hydrogen (secondary N) is 1. The Morgan fingerprint density at radius 2 is 2.07 bits per heavy atom. The first-order chi connectivity index (χ1) is 7.09. The quantitative estimate of drug-likeness (QED) is 0.729. The Morgan fingerprint density at radius 1 is 1.33 bits per heavy atom. The number of rotatable bonds is 5. The van der Waals surface area contributed by atoms with Crippen molar-refractivity contribution in [2.24, 2.45) is 0 Å². The summed E-state index contributed by atoms with van der Waals surface area (Å²) in [6.07, 6.45) is 0.221. The van der Waals surface area contributed by atoms with Crippen LogP contribution in [0.15, 0.2) is 18.2 Å². The van der Waals surface area contributed by atoms with Crippen LogP contribution >= 0.6 is 0 Å². The van der Waals surface area contributed by atoms with Gasteiger partial charge in [-0.15, -0.1) is 0 Å². The Morgan fingerprint density at radius 3 is 2.67 bits per heavy atom. The summed E-state index contributed by atoms with van der Waals surface area (Å²) in [5.74, 6) is -1.64. The second kappa shape index (κ2) is 5.78. The van der Waals surface area contributed by atoms with E-state index in [1.165, 1.54) is 6.07 Å². The molecule has 4 heteroatoms. The molecule has 1 unspecified atom stereocenters. The zero-order valence-electron chi connectivity index (χ0n) is 8.63. The molecule has 0 aromatic heterocycles. The molecule has 0 aliphatic carbocycles. The average Bonchev–Trinajstić information content (AvgIpc) is 2.18. The standard InChI is InChI=1S/C11H15F2NO/c1-8(15)7-14-5-4-9-2-3-10(12)11(13)6-9/h2-3,6,8,14-15H,4-5,7H2,1H3. The number of hydrogen-bond donors (Lipinski definition) is 2. The summed E-state index contributed by atoms with van der Waals surface area (Å²) in [5.41, 5.74) is 0.743. The van der Waals surface area contributed by atoms with Crippen molar-refractivity contribution in [1.29, 1.82) is 0 Å². The summed E-state index contributed by atoms with van der Waals surface area (Å²) >= 11 is 0. The molecular formula is C11H15F2NO. The zero-order chi connectivity index (χ0) is 11.3. The number of halogens is 2. The van der Waals surface area contributed by atoms with Gasteiger partial charge in [0.2, 0.25) is 0 Å². The minimum absolute atomic E-state index is 0.394. The third-order valence-electron chi connectivity index (χ3n) is 2.01. The fourth-order valence-corrected chi connectivity index (χ4v) is 1.24. The van der Waals surface area contributed by atoms with Gasteiger partial charge in [0, 0.05) is 6.54 Å². The first kappa shape index (κ1) is 12.1. The van der Waals surface area contributed by atoms with E-state index in [-0.39, 0.29) is 0 Å². The molecule has 0 amide bonds. The molecule has 0 heterocycles. The lowest BCUT2D eigenvalue weighted by molar-refractivity contribution is 0.191. The SMILES string of the molecule is CC(O)CNCCc1ccc(F)c(F)c1. The summed E-state index contributed by atoms with van der Waals surface area (Å²) in [6.45, 7) is 2.82. The lowest BCUT2D eigenvalue weighted by atomic mass is 10.1. The highest BCUT2D eigenvalue weighted by Crippen LogP contribution is 2.08. The van der Waals surface area contributed by atoms with Crippen molar-refractivity contribution in [2.45, 2.75) is 19.4 Å². The molecular weight excluding hydrogens is 200 g/mol. The monoisotopic (exact) mass is 215 g/mol. The van der Waals surface area contributed by atoms with Crippen LogP contribution in [0.5, 0.6) is 0 Å². The zero-order valence-corrected chi connectivity index (χ0v) is 8.63. The topological polar surface area (TPSA) is 32.3 Å². The molecule has 2 nitrogen and oxygen atoms in total. The molecule has 0 saturated heterocycles. The van der Waals surface area contributed by atoms with E-state index in [0.717, 1.165) is 11.6 Å². The molecule has 1 rings (SSSR count). The predicted octanol–water partition coefficient (Wildman–Crippen LogP) is 1.48. The van der Waals surface area contributed by atoms with E-state index in [1.807, 2.05) is 0 Å². The molecule has 84 valence electrons. The van der Waals surface area contributed by atoms with E-state index in [2.05, 4.69) is 5.32 Å². The van der Waals surface area contributed by atoms with Gasteiger partial charge in [-0.2, -0.15) is 0 Å². The lowest BCUT2D eigenvalue weighted by Gasteiger charge is -2.06. The molecule has 0 saturated carbocycles. The molecule has 0 spiro atoms. The van der Waals surface area contributed by atoms with Crippen molar-refractivity contribution in [1.82, 2.24) is 5.32 Å². The van der Waals surface area contributed by atoms with Crippen LogP contribution < -0.4 is 5.32 Å². The highest BCUT2D eigenvalue weighted by atomic mass is 19.2. The average molecular weight is 215 g/mol. The maximum atomic E-state index is 12.8. The van der Waals surface area contributed by atoms with Gasteiger partial charge in [-0.1, -0.05) is 6.07 Å². The van der Waals surface area contributed by atoms with Crippen molar-refractivity contribution >= 4 is 0 Å². The first-order valence-corrected chi connectivity index (χ1v) is 4.92. The van der Waals surface area contributed by atoms with Gasteiger partial charge < -0.3 is 10.4 Å². The molecule has 1 atom stereocenters. The minimum atomic E-state index is -0.823. The largest absolute Gasteiger partial charge is 0.392 e. The van der Waals surface area contributed by atoms with Crippen LogP contribution in [0.1, 0.15) is 12.5 Å². The Kier molecular flexibility index (Phi) is 4.65. The highest BCUT2D eigenvalue weighted by Gasteiger charge is 2.02. The summed E-state index contributed by atoms with van der Waals surface area (Å²) < 4.78 is 25.4. The van der Waals surface area contributed by atoms with Crippen molar-refractivity contribution < 1.29 is 13.9 Å². The Balaban J connectivity index is 2.35. The van der Waals surface area contributed by atoms with Crippen molar-refractivity contribution in [3.63, 3.8) is 0 Å². The van der Waals surface area contributed by atoms with Crippen LogP contribution in [-0.4, -0.2) is 24.3 Å². The Labute approximate surface area is 87.9 Å². The van der Waals surface area contributed by atoms with Crippen LogP contribution in [0, 0.1) is 11.6 Å². The van der Waals surface area contributed by atoms with E-state index in [0.29, 0.717) is 19.5 Å². The van der Waals surface area contributed by atoms with E-state index in [9.17, 15) is 8.78 Å². The molecule has 2 N–H and O–H groups in total. The fraction of sp³-hybridized carbons (Fsp3) is 0.455. The molecule has 0 aliphatic rings. The first-order valence-electron chi connectivity index (χ1n) is 4.92. The fourth-order valence-electron chi connectivity index (χ4n) is 1.24. The summed E-state index contributed by atoms with van der Waals surface area (Å²) in [6, 6.07) is 3.88. The van der Waals surface area contributed by atoms with Gasteiger partial charge in [0.25, 0.3) is 0 Å². The van der Waals surface area contributed by atoms with Crippen LogP contribution in [-0.2, 0) is 6.42 Å². The van der Waals surface area contributed by atoms with Gasteiger partial charge in [-0.05, 0) is 37.6 Å². The highest BCUT2D eigenvalue weighted by molar-refractivity contribution is 5.17. The maximum absolute atomic E-state index is 12.8. The van der Waals surface area contributed by atoms with Crippen molar-refractivity contribution in [2.75, 3.05) is 13.1 Å². The summed E-state index contributed by atoms with van der Waals surface area (Å²) in [7, 11) is 0. The summed E-state index contributed by atoms with van der Waals surface area (Å²) in [5, 5.41) is 12.0. The van der Waals surface area contributed by atoms with Gasteiger partial charge in [0.1, 0.15) is 0 Å². The third kappa shape index (κ3) is 4.36. The van der Waals surface area contributed by atoms with Crippen molar-refractivity contribution in [3.8, 4) is 0 Å². The number of aliphatic hydroxyl groups is 1. The van der Waals surface area contributed by atoms with E-state index < -0.39 is 17.7 Å². The van der Waals surface area contributed by atoms with Gasteiger partial charge in [-0.25, -0.2) is 8.78 Å². The number of aliphatic hydroxyl groups excluding tert-OH is 1. The second-order valence-corrected chi connectivity index (χ2v) is 3.55. The molecule has 0 aliphatic heterocycles. The number of benzene rings is 1. The lowest BCUT2D eigenvalue weighted by Crippen LogP contribution is -2.26. The second-order valence-electron chi connectivity index (χ2n) is 3.55. The minimum Gasteiger partial charge on any atom is -0.392 e.